The number of nitriles is 2. The maximum Gasteiger partial charge on any atom is 0.312 e. The highest BCUT2D eigenvalue weighted by Gasteiger charge is 2.71. The Bertz CT molecular complexity index is 511. The molecule has 0 bridgehead atoms. The molecule has 0 unspecified atom stereocenters. The molecular formula is C13H10N2O2. The van der Waals surface area contributed by atoms with Gasteiger partial charge in [0, 0.05) is 5.92 Å². The minimum absolute atomic E-state index is 0.383. The fraction of sp³-hybridized carbons (Fsp3) is 0.308. The van der Waals surface area contributed by atoms with Crippen LogP contribution in [0.4, 0.5) is 0 Å². The summed E-state index contributed by atoms with van der Waals surface area (Å²) in [5.41, 5.74) is -0.444. The molecule has 1 aromatic carbocycles. The fourth-order valence-corrected chi connectivity index (χ4v) is 2.26. The highest BCUT2D eigenvalue weighted by Crippen LogP contribution is 2.64. The minimum Gasteiger partial charge on any atom is -0.469 e. The lowest BCUT2D eigenvalue weighted by molar-refractivity contribution is -0.142. The van der Waals surface area contributed by atoms with Gasteiger partial charge in [-0.2, -0.15) is 10.5 Å². The first kappa shape index (κ1) is 11.2. The molecule has 4 heteroatoms. The van der Waals surface area contributed by atoms with E-state index in [2.05, 4.69) is 4.74 Å². The lowest BCUT2D eigenvalue weighted by atomic mass is 10.0. The molecule has 0 N–H and O–H groups in total. The van der Waals surface area contributed by atoms with Gasteiger partial charge in [0.15, 0.2) is 5.41 Å². The molecule has 1 saturated carbocycles. The monoisotopic (exact) mass is 226 g/mol. The van der Waals surface area contributed by atoms with E-state index in [1.807, 2.05) is 42.5 Å². The largest absolute Gasteiger partial charge is 0.469 e. The van der Waals surface area contributed by atoms with Crippen LogP contribution in [0.15, 0.2) is 30.3 Å². The molecule has 0 radical (unpaired) electrons. The molecule has 0 aliphatic heterocycles. The normalized spacial score (nSPS) is 24.2. The zero-order chi connectivity index (χ0) is 12.5. The van der Waals surface area contributed by atoms with Crippen LogP contribution < -0.4 is 0 Å². The van der Waals surface area contributed by atoms with Gasteiger partial charge in [-0.25, -0.2) is 0 Å². The van der Waals surface area contributed by atoms with Gasteiger partial charge >= 0.3 is 5.97 Å². The topological polar surface area (TPSA) is 73.9 Å². The lowest BCUT2D eigenvalue weighted by Crippen LogP contribution is -2.09. The molecule has 0 amide bonds. The molecule has 0 spiro atoms. The van der Waals surface area contributed by atoms with Crippen molar-refractivity contribution in [2.24, 2.45) is 11.3 Å². The number of benzene rings is 1. The van der Waals surface area contributed by atoms with Crippen LogP contribution in [-0.4, -0.2) is 13.1 Å². The molecule has 2 atom stereocenters. The predicted octanol–water partition coefficient (Wildman–Crippen LogP) is 1.61. The van der Waals surface area contributed by atoms with E-state index in [9.17, 15) is 4.79 Å². The molecule has 0 heterocycles. The molecule has 0 saturated heterocycles. The quantitative estimate of drug-likeness (QED) is 0.718. The van der Waals surface area contributed by atoms with Gasteiger partial charge in [0.1, 0.15) is 0 Å². The van der Waals surface area contributed by atoms with Crippen LogP contribution in [0.25, 0.3) is 0 Å². The Morgan fingerprint density at radius 3 is 2.35 bits per heavy atom. The second-order valence-electron chi connectivity index (χ2n) is 3.98. The SMILES string of the molecule is COC(=O)[C@H]1[C@@H](c2ccccc2)C1(C#N)C#N. The van der Waals surface area contributed by atoms with Crippen molar-refractivity contribution in [2.75, 3.05) is 7.11 Å². The molecular weight excluding hydrogens is 216 g/mol. The summed E-state index contributed by atoms with van der Waals surface area (Å²) < 4.78 is 4.64. The second kappa shape index (κ2) is 3.92. The molecule has 1 aliphatic carbocycles. The van der Waals surface area contributed by atoms with Crippen LogP contribution in [0.1, 0.15) is 11.5 Å². The van der Waals surface area contributed by atoms with Gasteiger partial charge in [-0.15, -0.1) is 0 Å². The average Bonchev–Trinajstić information content (AvgIpc) is 3.08. The number of ether oxygens (including phenoxy) is 1. The van der Waals surface area contributed by atoms with Crippen molar-refractivity contribution >= 4 is 5.97 Å². The second-order valence-corrected chi connectivity index (χ2v) is 3.98. The fourth-order valence-electron chi connectivity index (χ4n) is 2.26. The maximum absolute atomic E-state index is 11.6. The average molecular weight is 226 g/mol. The number of carbonyl (C=O) groups excluding carboxylic acids is 1. The lowest BCUT2D eigenvalue weighted by Gasteiger charge is -1.97. The number of hydrogen-bond acceptors (Lipinski definition) is 4. The third-order valence-corrected chi connectivity index (χ3v) is 3.19. The van der Waals surface area contributed by atoms with Gasteiger partial charge in [-0.1, -0.05) is 30.3 Å². The maximum atomic E-state index is 11.6. The zero-order valence-corrected chi connectivity index (χ0v) is 9.25. The summed E-state index contributed by atoms with van der Waals surface area (Å²) in [6.07, 6.45) is 0. The van der Waals surface area contributed by atoms with Crippen molar-refractivity contribution in [3.8, 4) is 12.1 Å². The van der Waals surface area contributed by atoms with Crippen LogP contribution in [-0.2, 0) is 9.53 Å². The van der Waals surface area contributed by atoms with Gasteiger partial charge < -0.3 is 4.74 Å². The van der Waals surface area contributed by atoms with Crippen molar-refractivity contribution in [3.05, 3.63) is 35.9 Å². The van der Waals surface area contributed by atoms with Crippen molar-refractivity contribution in [1.82, 2.24) is 0 Å². The molecule has 1 fully saturated rings. The third-order valence-electron chi connectivity index (χ3n) is 3.19. The number of carbonyl (C=O) groups is 1. The minimum atomic E-state index is -1.27. The Labute approximate surface area is 99.0 Å². The molecule has 84 valence electrons. The van der Waals surface area contributed by atoms with E-state index in [4.69, 9.17) is 10.5 Å². The Kier molecular flexibility index (Phi) is 2.57. The van der Waals surface area contributed by atoms with Crippen molar-refractivity contribution in [2.45, 2.75) is 5.92 Å². The van der Waals surface area contributed by atoms with E-state index in [-0.39, 0.29) is 5.92 Å². The highest BCUT2D eigenvalue weighted by molar-refractivity contribution is 5.82. The third kappa shape index (κ3) is 1.46. The summed E-state index contributed by atoms with van der Waals surface area (Å²) >= 11 is 0. The number of rotatable bonds is 2. The summed E-state index contributed by atoms with van der Waals surface area (Å²) in [7, 11) is 1.27. The Hall–Kier alpha value is -2.33. The summed E-state index contributed by atoms with van der Waals surface area (Å²) in [5.74, 6) is -1.56. The van der Waals surface area contributed by atoms with Crippen LogP contribution in [0.3, 0.4) is 0 Å². The van der Waals surface area contributed by atoms with E-state index in [0.717, 1.165) is 5.56 Å². The molecule has 17 heavy (non-hydrogen) atoms. The van der Waals surface area contributed by atoms with E-state index in [1.165, 1.54) is 7.11 Å². The van der Waals surface area contributed by atoms with E-state index < -0.39 is 17.3 Å². The van der Waals surface area contributed by atoms with Gasteiger partial charge in [0.2, 0.25) is 0 Å². The van der Waals surface area contributed by atoms with Crippen LogP contribution in [0.5, 0.6) is 0 Å². The van der Waals surface area contributed by atoms with Gasteiger partial charge in [-0.05, 0) is 5.56 Å². The van der Waals surface area contributed by atoms with Gasteiger partial charge in [0.05, 0.1) is 25.2 Å². The number of esters is 1. The van der Waals surface area contributed by atoms with Gasteiger partial charge in [0.25, 0.3) is 0 Å². The van der Waals surface area contributed by atoms with Crippen molar-refractivity contribution in [3.63, 3.8) is 0 Å². The Morgan fingerprint density at radius 2 is 1.88 bits per heavy atom. The highest BCUT2D eigenvalue weighted by atomic mass is 16.5. The first-order valence-electron chi connectivity index (χ1n) is 5.16. The first-order chi connectivity index (χ1) is 8.21. The van der Waals surface area contributed by atoms with Crippen LogP contribution in [0.2, 0.25) is 0 Å². The smallest absolute Gasteiger partial charge is 0.312 e. The number of hydrogen-bond donors (Lipinski definition) is 0. The van der Waals surface area contributed by atoms with Crippen molar-refractivity contribution in [1.29, 1.82) is 10.5 Å². The van der Waals surface area contributed by atoms with Gasteiger partial charge in [-0.3, -0.25) is 4.79 Å². The summed E-state index contributed by atoms with van der Waals surface area (Å²) in [6, 6.07) is 13.0. The summed E-state index contributed by atoms with van der Waals surface area (Å²) in [5, 5.41) is 18.2. The van der Waals surface area contributed by atoms with E-state index in [1.54, 1.807) is 0 Å². The van der Waals surface area contributed by atoms with Crippen LogP contribution in [0, 0.1) is 34.0 Å². The van der Waals surface area contributed by atoms with Crippen molar-refractivity contribution < 1.29 is 9.53 Å². The predicted molar refractivity (Wildman–Crippen MR) is 58.3 cm³/mol. The molecule has 0 aromatic heterocycles. The van der Waals surface area contributed by atoms with E-state index >= 15 is 0 Å². The molecule has 2 rings (SSSR count). The molecule has 1 aromatic rings. The Balaban J connectivity index is 2.40. The van der Waals surface area contributed by atoms with Crippen LogP contribution >= 0.6 is 0 Å². The standard InChI is InChI=1S/C13H10N2O2/c1-17-12(16)11-10(13(11,7-14)8-15)9-5-3-2-4-6-9/h2-6,10-11H,1H3/t10-,11-/m1/s1. The first-order valence-corrected chi connectivity index (χ1v) is 5.16. The summed E-state index contributed by atoms with van der Waals surface area (Å²) in [6.45, 7) is 0. The van der Waals surface area contributed by atoms with E-state index in [0.29, 0.717) is 0 Å². The summed E-state index contributed by atoms with van der Waals surface area (Å²) in [4.78, 5) is 11.6. The number of nitrogens with zero attached hydrogens (tertiary/aromatic N) is 2. The molecule has 1 aliphatic rings. The zero-order valence-electron chi connectivity index (χ0n) is 9.25. The number of methoxy groups -OCH3 is 1. The Morgan fingerprint density at radius 1 is 1.29 bits per heavy atom. The molecule has 4 nitrogen and oxygen atoms in total.